The number of carbonyl (C=O) groups is 1. The van der Waals surface area contributed by atoms with Crippen LogP contribution < -0.4 is 0 Å². The summed E-state index contributed by atoms with van der Waals surface area (Å²) >= 11 is 0. The van der Waals surface area contributed by atoms with E-state index in [-0.39, 0.29) is 28.6 Å². The molecule has 0 aliphatic rings. The van der Waals surface area contributed by atoms with Gasteiger partial charge in [-0.3, -0.25) is 0 Å². The number of phenols is 1. The minimum Gasteiger partial charge on any atom is -0.506 e. The molecule has 4 aromatic rings. The standard InChI is InChI=1S/C22H18N4O4/c1-12-7-9-14(10-8-12)26-21(28)19(13(2)25-26)23-24-20-16-6-4-3-5-15(16)17(22(29)30)11-18(20)27/h3-11,27-28H,1-2H3,(H,29,30)/b24-23+. The summed E-state index contributed by atoms with van der Waals surface area (Å²) in [7, 11) is 0. The fraction of sp³-hybridized carbons (Fsp3) is 0.0909. The molecule has 3 aromatic carbocycles. The van der Waals surface area contributed by atoms with E-state index < -0.39 is 5.97 Å². The normalized spacial score (nSPS) is 11.4. The fourth-order valence-corrected chi connectivity index (χ4v) is 3.22. The first-order valence-corrected chi connectivity index (χ1v) is 9.12. The van der Waals surface area contributed by atoms with Gasteiger partial charge in [-0.2, -0.15) is 9.78 Å². The molecule has 1 aromatic heterocycles. The summed E-state index contributed by atoms with van der Waals surface area (Å²) in [6.45, 7) is 3.65. The van der Waals surface area contributed by atoms with Gasteiger partial charge in [0.1, 0.15) is 11.4 Å². The Kier molecular flexibility index (Phi) is 4.67. The molecule has 0 saturated heterocycles. The van der Waals surface area contributed by atoms with Crippen molar-refractivity contribution in [2.24, 2.45) is 10.2 Å². The van der Waals surface area contributed by atoms with Crippen LogP contribution in [-0.4, -0.2) is 31.1 Å². The predicted octanol–water partition coefficient (Wildman–Crippen LogP) is 5.17. The molecular formula is C22H18N4O4. The number of hydrogen-bond donors (Lipinski definition) is 3. The quantitative estimate of drug-likeness (QED) is 0.407. The van der Waals surface area contributed by atoms with Crippen LogP contribution in [0.4, 0.5) is 11.4 Å². The lowest BCUT2D eigenvalue weighted by Gasteiger charge is -2.07. The molecule has 150 valence electrons. The summed E-state index contributed by atoms with van der Waals surface area (Å²) in [6.07, 6.45) is 0. The van der Waals surface area contributed by atoms with E-state index in [2.05, 4.69) is 15.3 Å². The van der Waals surface area contributed by atoms with Gasteiger partial charge in [0.15, 0.2) is 5.69 Å². The molecule has 1 heterocycles. The maximum atomic E-state index is 11.5. The smallest absolute Gasteiger partial charge is 0.336 e. The molecule has 0 amide bonds. The maximum absolute atomic E-state index is 11.5. The maximum Gasteiger partial charge on any atom is 0.336 e. The number of benzene rings is 3. The Morgan fingerprint density at radius 1 is 0.933 bits per heavy atom. The topological polar surface area (TPSA) is 120 Å². The zero-order chi connectivity index (χ0) is 21.4. The zero-order valence-electron chi connectivity index (χ0n) is 16.2. The van der Waals surface area contributed by atoms with Gasteiger partial charge in [-0.15, -0.1) is 10.2 Å². The Bertz CT molecular complexity index is 1310. The fourth-order valence-electron chi connectivity index (χ4n) is 3.22. The molecule has 0 fully saturated rings. The number of phenolic OH excluding ortho intramolecular Hbond substituents is 1. The molecule has 8 nitrogen and oxygen atoms in total. The highest BCUT2D eigenvalue weighted by molar-refractivity contribution is 6.08. The van der Waals surface area contributed by atoms with Crippen LogP contribution in [0.2, 0.25) is 0 Å². The van der Waals surface area contributed by atoms with Crippen LogP contribution in [0.15, 0.2) is 64.8 Å². The first-order valence-electron chi connectivity index (χ1n) is 9.12. The van der Waals surface area contributed by atoms with Gasteiger partial charge in [0.2, 0.25) is 5.88 Å². The van der Waals surface area contributed by atoms with Crippen molar-refractivity contribution in [1.29, 1.82) is 0 Å². The summed E-state index contributed by atoms with van der Waals surface area (Å²) < 4.78 is 1.36. The molecule has 4 rings (SSSR count). The minimum atomic E-state index is -1.15. The average molecular weight is 402 g/mol. The van der Waals surface area contributed by atoms with Gasteiger partial charge >= 0.3 is 5.97 Å². The predicted molar refractivity (Wildman–Crippen MR) is 111 cm³/mol. The third-order valence-corrected chi connectivity index (χ3v) is 4.76. The van der Waals surface area contributed by atoms with Crippen molar-refractivity contribution in [2.45, 2.75) is 13.8 Å². The Labute approximate surface area is 171 Å². The van der Waals surface area contributed by atoms with Crippen molar-refractivity contribution in [3.63, 3.8) is 0 Å². The van der Waals surface area contributed by atoms with Gasteiger partial charge in [-0.25, -0.2) is 4.79 Å². The van der Waals surface area contributed by atoms with E-state index in [4.69, 9.17) is 0 Å². The number of aromatic nitrogens is 2. The number of hydrogen-bond acceptors (Lipinski definition) is 6. The summed E-state index contributed by atoms with van der Waals surface area (Å²) in [5.74, 6) is -1.66. The second kappa shape index (κ2) is 7.32. The van der Waals surface area contributed by atoms with Crippen molar-refractivity contribution in [3.05, 3.63) is 71.4 Å². The van der Waals surface area contributed by atoms with E-state index in [0.29, 0.717) is 22.2 Å². The minimum absolute atomic E-state index is 0.0340. The average Bonchev–Trinajstić information content (AvgIpc) is 3.01. The van der Waals surface area contributed by atoms with Crippen LogP contribution >= 0.6 is 0 Å². The Morgan fingerprint density at radius 3 is 2.23 bits per heavy atom. The van der Waals surface area contributed by atoms with Crippen LogP contribution in [-0.2, 0) is 0 Å². The number of carboxylic acids is 1. The van der Waals surface area contributed by atoms with E-state index in [9.17, 15) is 20.1 Å². The highest BCUT2D eigenvalue weighted by atomic mass is 16.4. The van der Waals surface area contributed by atoms with Gasteiger partial charge in [-0.1, -0.05) is 42.0 Å². The SMILES string of the molecule is Cc1ccc(-n2nc(C)c(/N=N/c3c(O)cc(C(=O)O)c4ccccc34)c2O)cc1. The van der Waals surface area contributed by atoms with Crippen LogP contribution in [0.1, 0.15) is 21.6 Å². The van der Waals surface area contributed by atoms with Crippen LogP contribution in [0.25, 0.3) is 16.5 Å². The van der Waals surface area contributed by atoms with Gasteiger partial charge in [0.05, 0.1) is 16.9 Å². The van der Waals surface area contributed by atoms with Crippen molar-refractivity contribution in [2.75, 3.05) is 0 Å². The summed E-state index contributed by atoms with van der Waals surface area (Å²) in [6, 6.07) is 15.3. The summed E-state index contributed by atoms with van der Waals surface area (Å²) in [5.41, 5.74) is 2.42. The molecule has 0 spiro atoms. The Hall–Kier alpha value is -4.20. The van der Waals surface area contributed by atoms with Gasteiger partial charge in [0.25, 0.3) is 0 Å². The van der Waals surface area contributed by atoms with E-state index in [1.807, 2.05) is 31.2 Å². The van der Waals surface area contributed by atoms with Crippen molar-refractivity contribution in [1.82, 2.24) is 9.78 Å². The molecule has 0 saturated carbocycles. The molecular weight excluding hydrogens is 384 g/mol. The van der Waals surface area contributed by atoms with Crippen molar-refractivity contribution < 1.29 is 20.1 Å². The van der Waals surface area contributed by atoms with Crippen molar-refractivity contribution in [3.8, 4) is 17.3 Å². The monoisotopic (exact) mass is 402 g/mol. The van der Waals surface area contributed by atoms with E-state index >= 15 is 0 Å². The summed E-state index contributed by atoms with van der Waals surface area (Å²) in [4.78, 5) is 11.5. The molecule has 0 aliphatic heterocycles. The largest absolute Gasteiger partial charge is 0.506 e. The molecule has 0 bridgehead atoms. The number of carboxylic acid groups (broad SMARTS) is 1. The molecule has 0 atom stereocenters. The number of rotatable bonds is 4. The third kappa shape index (κ3) is 3.24. The van der Waals surface area contributed by atoms with Crippen molar-refractivity contribution >= 4 is 28.1 Å². The second-order valence-corrected chi connectivity index (χ2v) is 6.85. The number of azo groups is 1. The second-order valence-electron chi connectivity index (χ2n) is 6.85. The number of aryl methyl sites for hydroxylation is 2. The van der Waals surface area contributed by atoms with Crippen LogP contribution in [0.5, 0.6) is 11.6 Å². The third-order valence-electron chi connectivity index (χ3n) is 4.76. The lowest BCUT2D eigenvalue weighted by Crippen LogP contribution is -1.97. The summed E-state index contributed by atoms with van der Waals surface area (Å²) in [5, 5.41) is 43.8. The Morgan fingerprint density at radius 2 is 1.57 bits per heavy atom. The molecule has 0 aliphatic carbocycles. The van der Waals surface area contributed by atoms with Crippen LogP contribution in [0, 0.1) is 13.8 Å². The van der Waals surface area contributed by atoms with Gasteiger partial charge in [0, 0.05) is 5.39 Å². The Balaban J connectivity index is 1.81. The zero-order valence-corrected chi connectivity index (χ0v) is 16.2. The number of nitrogens with zero attached hydrogens (tertiary/aromatic N) is 4. The molecule has 0 unspecified atom stereocenters. The lowest BCUT2D eigenvalue weighted by atomic mass is 10.0. The number of aromatic hydroxyl groups is 2. The number of fused-ring (bicyclic) bond motifs is 1. The lowest BCUT2D eigenvalue weighted by molar-refractivity contribution is 0.0698. The van der Waals surface area contributed by atoms with Gasteiger partial charge in [-0.05, 0) is 37.4 Å². The molecule has 0 radical (unpaired) electrons. The number of aromatic carboxylic acids is 1. The van der Waals surface area contributed by atoms with E-state index in [1.54, 1.807) is 31.2 Å². The van der Waals surface area contributed by atoms with Gasteiger partial charge < -0.3 is 15.3 Å². The molecule has 3 N–H and O–H groups in total. The first kappa shape index (κ1) is 19.1. The highest BCUT2D eigenvalue weighted by Gasteiger charge is 2.18. The molecule has 30 heavy (non-hydrogen) atoms. The first-order chi connectivity index (χ1) is 14.4. The van der Waals surface area contributed by atoms with E-state index in [0.717, 1.165) is 11.6 Å². The highest BCUT2D eigenvalue weighted by Crippen LogP contribution is 2.40. The van der Waals surface area contributed by atoms with E-state index in [1.165, 1.54) is 4.68 Å². The molecule has 8 heteroatoms. The van der Waals surface area contributed by atoms with Crippen LogP contribution in [0.3, 0.4) is 0 Å².